The standard InChI is InChI=1S/C24H34N2O3/c1-24(2,3)19-9-11-21(12-10-19)29-18-20(27)17-25-13-15-26(16-14-25)22-7-5-6-8-23(22)28-4/h5-12,20,27H,13-18H2,1-4H3/t20-/m1/s1. The van der Waals surface area contributed by atoms with Crippen molar-refractivity contribution in [1.29, 1.82) is 0 Å². The molecule has 0 radical (unpaired) electrons. The Morgan fingerprint density at radius 2 is 1.62 bits per heavy atom. The Balaban J connectivity index is 1.43. The molecule has 1 aliphatic rings. The molecule has 3 rings (SSSR count). The van der Waals surface area contributed by atoms with E-state index in [0.717, 1.165) is 43.4 Å². The molecule has 0 aromatic heterocycles. The molecule has 29 heavy (non-hydrogen) atoms. The number of aliphatic hydroxyl groups is 1. The summed E-state index contributed by atoms with van der Waals surface area (Å²) in [6.07, 6.45) is -0.505. The van der Waals surface area contributed by atoms with Crippen molar-refractivity contribution in [2.24, 2.45) is 0 Å². The first-order chi connectivity index (χ1) is 13.9. The van der Waals surface area contributed by atoms with Crippen molar-refractivity contribution in [3.63, 3.8) is 0 Å². The number of rotatable bonds is 7. The highest BCUT2D eigenvalue weighted by Crippen LogP contribution is 2.28. The molecule has 158 valence electrons. The topological polar surface area (TPSA) is 45.2 Å². The Hall–Kier alpha value is -2.24. The molecule has 1 atom stereocenters. The largest absolute Gasteiger partial charge is 0.495 e. The second-order valence-corrected chi connectivity index (χ2v) is 8.70. The van der Waals surface area contributed by atoms with Gasteiger partial charge in [-0.3, -0.25) is 4.90 Å². The maximum atomic E-state index is 10.4. The van der Waals surface area contributed by atoms with Gasteiger partial charge in [0.2, 0.25) is 0 Å². The van der Waals surface area contributed by atoms with Gasteiger partial charge in [-0.15, -0.1) is 0 Å². The van der Waals surface area contributed by atoms with Crippen LogP contribution in [0.15, 0.2) is 48.5 Å². The van der Waals surface area contributed by atoms with Crippen molar-refractivity contribution in [1.82, 2.24) is 4.90 Å². The van der Waals surface area contributed by atoms with E-state index >= 15 is 0 Å². The number of para-hydroxylation sites is 2. The maximum Gasteiger partial charge on any atom is 0.142 e. The van der Waals surface area contributed by atoms with Crippen molar-refractivity contribution >= 4 is 5.69 Å². The van der Waals surface area contributed by atoms with Gasteiger partial charge in [0.25, 0.3) is 0 Å². The predicted octanol–water partition coefficient (Wildman–Crippen LogP) is 3.55. The number of anilines is 1. The van der Waals surface area contributed by atoms with Crippen LogP contribution in [0.4, 0.5) is 5.69 Å². The first-order valence-corrected chi connectivity index (χ1v) is 10.4. The van der Waals surface area contributed by atoms with Crippen LogP contribution < -0.4 is 14.4 Å². The minimum atomic E-state index is -0.505. The highest BCUT2D eigenvalue weighted by molar-refractivity contribution is 5.58. The molecule has 5 nitrogen and oxygen atoms in total. The van der Waals surface area contributed by atoms with Crippen molar-refractivity contribution < 1.29 is 14.6 Å². The fraction of sp³-hybridized carbons (Fsp3) is 0.500. The van der Waals surface area contributed by atoms with E-state index in [1.807, 2.05) is 30.3 Å². The van der Waals surface area contributed by atoms with E-state index < -0.39 is 6.10 Å². The van der Waals surface area contributed by atoms with Gasteiger partial charge in [0, 0.05) is 32.7 Å². The minimum absolute atomic E-state index is 0.129. The number of hydrogen-bond donors (Lipinski definition) is 1. The number of hydrogen-bond acceptors (Lipinski definition) is 5. The van der Waals surface area contributed by atoms with Gasteiger partial charge >= 0.3 is 0 Å². The van der Waals surface area contributed by atoms with Crippen LogP contribution in [0.25, 0.3) is 0 Å². The van der Waals surface area contributed by atoms with E-state index in [0.29, 0.717) is 13.2 Å². The summed E-state index contributed by atoms with van der Waals surface area (Å²) in [5.41, 5.74) is 2.54. The first-order valence-electron chi connectivity index (χ1n) is 10.4. The molecule has 1 fully saturated rings. The number of β-amino-alcohol motifs (C(OH)–C–C–N with tert-alkyl or cyclic N) is 1. The molecule has 0 saturated carbocycles. The third-order valence-electron chi connectivity index (χ3n) is 5.43. The van der Waals surface area contributed by atoms with Crippen molar-refractivity contribution in [2.75, 3.05) is 51.3 Å². The lowest BCUT2D eigenvalue weighted by Crippen LogP contribution is -2.49. The number of aliphatic hydroxyl groups excluding tert-OH is 1. The number of piperazine rings is 1. The molecule has 0 bridgehead atoms. The molecule has 0 amide bonds. The van der Waals surface area contributed by atoms with Gasteiger partial charge in [-0.05, 0) is 35.2 Å². The second-order valence-electron chi connectivity index (χ2n) is 8.70. The fourth-order valence-electron chi connectivity index (χ4n) is 3.66. The van der Waals surface area contributed by atoms with Crippen LogP contribution in [-0.2, 0) is 5.41 Å². The van der Waals surface area contributed by atoms with Crippen LogP contribution in [-0.4, -0.2) is 62.6 Å². The summed E-state index contributed by atoms with van der Waals surface area (Å²) in [4.78, 5) is 4.64. The first kappa shape index (κ1) is 21.5. The van der Waals surface area contributed by atoms with Crippen LogP contribution in [0.2, 0.25) is 0 Å². The van der Waals surface area contributed by atoms with Crippen molar-refractivity contribution in [3.8, 4) is 11.5 Å². The zero-order valence-corrected chi connectivity index (χ0v) is 18.1. The predicted molar refractivity (Wildman–Crippen MR) is 118 cm³/mol. The number of ether oxygens (including phenoxy) is 2. The summed E-state index contributed by atoms with van der Waals surface area (Å²) < 4.78 is 11.3. The van der Waals surface area contributed by atoms with Gasteiger partial charge in [0.05, 0.1) is 12.8 Å². The van der Waals surface area contributed by atoms with E-state index in [-0.39, 0.29) is 5.41 Å². The fourth-order valence-corrected chi connectivity index (χ4v) is 3.66. The maximum absolute atomic E-state index is 10.4. The van der Waals surface area contributed by atoms with Gasteiger partial charge in [0.15, 0.2) is 0 Å². The highest BCUT2D eigenvalue weighted by atomic mass is 16.5. The molecule has 0 aliphatic carbocycles. The van der Waals surface area contributed by atoms with Gasteiger partial charge in [-0.1, -0.05) is 45.0 Å². The van der Waals surface area contributed by atoms with Crippen LogP contribution in [0.1, 0.15) is 26.3 Å². The van der Waals surface area contributed by atoms with Crippen molar-refractivity contribution in [2.45, 2.75) is 32.3 Å². The third-order valence-corrected chi connectivity index (χ3v) is 5.43. The summed E-state index contributed by atoms with van der Waals surface area (Å²) in [6.45, 7) is 11.2. The lowest BCUT2D eigenvalue weighted by molar-refractivity contribution is 0.0662. The lowest BCUT2D eigenvalue weighted by atomic mass is 9.87. The summed E-state index contributed by atoms with van der Waals surface area (Å²) >= 11 is 0. The van der Waals surface area contributed by atoms with Gasteiger partial charge in [-0.2, -0.15) is 0 Å². The molecule has 2 aromatic rings. The summed E-state index contributed by atoms with van der Waals surface area (Å²) in [5.74, 6) is 1.71. The molecule has 5 heteroatoms. The summed E-state index contributed by atoms with van der Waals surface area (Å²) in [5, 5.41) is 10.4. The average molecular weight is 399 g/mol. The van der Waals surface area contributed by atoms with Crippen LogP contribution >= 0.6 is 0 Å². The Labute approximate surface area is 174 Å². The summed E-state index contributed by atoms with van der Waals surface area (Å²) in [7, 11) is 1.71. The number of methoxy groups -OCH3 is 1. The van der Waals surface area contributed by atoms with Gasteiger partial charge < -0.3 is 19.5 Å². The molecule has 1 aliphatic heterocycles. The van der Waals surface area contributed by atoms with E-state index in [9.17, 15) is 5.11 Å². The van der Waals surface area contributed by atoms with Crippen LogP contribution in [0.5, 0.6) is 11.5 Å². The third kappa shape index (κ3) is 5.87. The average Bonchev–Trinajstić information content (AvgIpc) is 2.72. The molecule has 0 unspecified atom stereocenters. The van der Waals surface area contributed by atoms with Crippen LogP contribution in [0, 0.1) is 0 Å². The van der Waals surface area contributed by atoms with E-state index in [1.165, 1.54) is 5.56 Å². The normalized spacial score (nSPS) is 16.5. The zero-order chi connectivity index (χ0) is 20.9. The molecule has 1 saturated heterocycles. The number of benzene rings is 2. The molecule has 0 spiro atoms. The Kier molecular flexibility index (Phi) is 7.04. The van der Waals surface area contributed by atoms with Crippen LogP contribution in [0.3, 0.4) is 0 Å². The zero-order valence-electron chi connectivity index (χ0n) is 18.1. The molecule has 1 heterocycles. The molecular weight excluding hydrogens is 364 g/mol. The highest BCUT2D eigenvalue weighted by Gasteiger charge is 2.21. The molecular formula is C24H34N2O3. The monoisotopic (exact) mass is 398 g/mol. The minimum Gasteiger partial charge on any atom is -0.495 e. The molecule has 1 N–H and O–H groups in total. The van der Waals surface area contributed by atoms with Gasteiger partial charge in [0.1, 0.15) is 24.2 Å². The molecule has 2 aromatic carbocycles. The Morgan fingerprint density at radius 3 is 2.24 bits per heavy atom. The lowest BCUT2D eigenvalue weighted by Gasteiger charge is -2.37. The Morgan fingerprint density at radius 1 is 0.966 bits per heavy atom. The SMILES string of the molecule is COc1ccccc1N1CCN(C[C@@H](O)COc2ccc(C(C)(C)C)cc2)CC1. The smallest absolute Gasteiger partial charge is 0.142 e. The number of nitrogens with zero attached hydrogens (tertiary/aromatic N) is 2. The van der Waals surface area contributed by atoms with Gasteiger partial charge in [-0.25, -0.2) is 0 Å². The second kappa shape index (κ2) is 9.51. The van der Waals surface area contributed by atoms with E-state index in [4.69, 9.17) is 9.47 Å². The Bertz CT molecular complexity index is 762. The van der Waals surface area contributed by atoms with E-state index in [1.54, 1.807) is 7.11 Å². The quantitative estimate of drug-likeness (QED) is 0.773. The summed E-state index contributed by atoms with van der Waals surface area (Å²) in [6, 6.07) is 16.3. The van der Waals surface area contributed by atoms with Crippen molar-refractivity contribution in [3.05, 3.63) is 54.1 Å². The van der Waals surface area contributed by atoms with E-state index in [2.05, 4.69) is 48.8 Å².